The first-order chi connectivity index (χ1) is 13.2. The van der Waals surface area contributed by atoms with E-state index in [4.69, 9.17) is 14.2 Å². The number of amides is 1. The lowest BCUT2D eigenvalue weighted by molar-refractivity contribution is -0.172. The van der Waals surface area contributed by atoms with Crippen LogP contribution >= 0.6 is 0 Å². The maximum atomic E-state index is 13.0. The van der Waals surface area contributed by atoms with Gasteiger partial charge in [-0.1, -0.05) is 36.4 Å². The van der Waals surface area contributed by atoms with E-state index in [0.29, 0.717) is 13.2 Å². The van der Waals surface area contributed by atoms with E-state index in [-0.39, 0.29) is 19.1 Å². The van der Waals surface area contributed by atoms with Gasteiger partial charge in [0.05, 0.1) is 31.2 Å². The molecule has 0 aromatic heterocycles. The molecule has 1 saturated heterocycles. The Labute approximate surface area is 157 Å². The van der Waals surface area contributed by atoms with Crippen LogP contribution in [0, 0.1) is 0 Å². The zero-order valence-electron chi connectivity index (χ0n) is 14.9. The van der Waals surface area contributed by atoms with Crippen LogP contribution in [0.15, 0.2) is 48.5 Å². The Bertz CT molecular complexity index is 796. The number of rotatable bonds is 3. The predicted octanol–water partition coefficient (Wildman–Crippen LogP) is 2.41. The Balaban J connectivity index is 1.56. The third-order valence-corrected chi connectivity index (χ3v) is 4.79. The highest BCUT2D eigenvalue weighted by Gasteiger charge is 2.29. The summed E-state index contributed by atoms with van der Waals surface area (Å²) in [6.45, 7) is 0.619. The fraction of sp³-hybridized carbons (Fsp3) is 0.333. The minimum atomic E-state index is -0.768. The number of carbonyl (C=O) groups is 2. The third kappa shape index (κ3) is 3.72. The number of esters is 1. The van der Waals surface area contributed by atoms with Crippen molar-refractivity contribution < 1.29 is 23.8 Å². The second-order valence-electron chi connectivity index (χ2n) is 6.53. The quantitative estimate of drug-likeness (QED) is 0.780. The second-order valence-corrected chi connectivity index (χ2v) is 6.53. The van der Waals surface area contributed by atoms with Gasteiger partial charge in [-0.05, 0) is 36.1 Å². The number of hydrogen-bond acceptors (Lipinski definition) is 5. The van der Waals surface area contributed by atoms with Crippen LogP contribution in [0.2, 0.25) is 0 Å². The van der Waals surface area contributed by atoms with Gasteiger partial charge in [-0.25, -0.2) is 4.79 Å². The summed E-state index contributed by atoms with van der Waals surface area (Å²) in [6.07, 6.45) is 0.934. The van der Waals surface area contributed by atoms with Gasteiger partial charge in [0.1, 0.15) is 0 Å². The van der Waals surface area contributed by atoms with E-state index < -0.39 is 12.1 Å². The number of ether oxygens (including phenoxy) is 3. The van der Waals surface area contributed by atoms with Crippen molar-refractivity contribution in [1.29, 1.82) is 0 Å². The first-order valence-electron chi connectivity index (χ1n) is 9.09. The van der Waals surface area contributed by atoms with Gasteiger partial charge in [-0.3, -0.25) is 9.69 Å². The van der Waals surface area contributed by atoms with Crippen LogP contribution in [-0.2, 0) is 36.6 Å². The van der Waals surface area contributed by atoms with E-state index in [9.17, 15) is 9.59 Å². The number of para-hydroxylation sites is 2. The third-order valence-electron chi connectivity index (χ3n) is 4.79. The standard InChI is InChI=1S/C21H21NO5/c23-20(14-27-21(24)19-13-25-11-12-26-19)22-17-7-3-1-5-15(17)9-10-16-6-2-4-8-18(16)22/h1-8,19H,9-14H2/t19-/m0/s1. The first-order valence-corrected chi connectivity index (χ1v) is 9.09. The topological polar surface area (TPSA) is 65.1 Å². The molecule has 0 unspecified atom stereocenters. The van der Waals surface area contributed by atoms with Crippen LogP contribution in [0.1, 0.15) is 11.1 Å². The molecule has 0 radical (unpaired) electrons. The largest absolute Gasteiger partial charge is 0.454 e. The first kappa shape index (κ1) is 17.7. The molecule has 0 spiro atoms. The molecule has 1 atom stereocenters. The van der Waals surface area contributed by atoms with Crippen LogP contribution in [0.5, 0.6) is 0 Å². The Morgan fingerprint density at radius 3 is 2.19 bits per heavy atom. The SMILES string of the molecule is O=C(OCC(=O)N1c2ccccc2CCc2ccccc21)[C@@H]1COCCO1. The lowest BCUT2D eigenvalue weighted by atomic mass is 10.0. The second kappa shape index (κ2) is 7.90. The molecule has 27 heavy (non-hydrogen) atoms. The van der Waals surface area contributed by atoms with Crippen molar-refractivity contribution in [2.45, 2.75) is 18.9 Å². The molecule has 0 N–H and O–H groups in total. The summed E-state index contributed by atoms with van der Waals surface area (Å²) in [6, 6.07) is 15.7. The van der Waals surface area contributed by atoms with Crippen molar-refractivity contribution >= 4 is 23.3 Å². The normalized spacial score (nSPS) is 18.8. The number of hydrogen-bond donors (Lipinski definition) is 0. The summed E-state index contributed by atoms with van der Waals surface area (Å²) < 4.78 is 15.8. The minimum absolute atomic E-state index is 0.155. The molecular formula is C21H21NO5. The van der Waals surface area contributed by atoms with E-state index in [1.165, 1.54) is 0 Å². The Morgan fingerprint density at radius 1 is 0.963 bits per heavy atom. The molecule has 2 aliphatic rings. The van der Waals surface area contributed by atoms with Crippen LogP contribution in [0.3, 0.4) is 0 Å². The number of benzene rings is 2. The van der Waals surface area contributed by atoms with Crippen molar-refractivity contribution in [2.24, 2.45) is 0 Å². The molecule has 4 rings (SSSR count). The Morgan fingerprint density at radius 2 is 1.59 bits per heavy atom. The number of carbonyl (C=O) groups excluding carboxylic acids is 2. The average molecular weight is 367 g/mol. The highest BCUT2D eigenvalue weighted by Crippen LogP contribution is 2.35. The van der Waals surface area contributed by atoms with Gasteiger partial charge in [0.15, 0.2) is 12.7 Å². The molecule has 2 aromatic carbocycles. The lowest BCUT2D eigenvalue weighted by Gasteiger charge is -2.25. The molecule has 2 aromatic rings. The van der Waals surface area contributed by atoms with Gasteiger partial charge < -0.3 is 14.2 Å². The van der Waals surface area contributed by atoms with Gasteiger partial charge in [0.25, 0.3) is 5.91 Å². The highest BCUT2D eigenvalue weighted by molar-refractivity contribution is 6.03. The van der Waals surface area contributed by atoms with Gasteiger partial charge in [-0.2, -0.15) is 0 Å². The van der Waals surface area contributed by atoms with E-state index in [1.807, 2.05) is 48.5 Å². The van der Waals surface area contributed by atoms with Crippen molar-refractivity contribution in [2.75, 3.05) is 31.3 Å². The molecule has 6 heteroatoms. The molecule has 2 aliphatic heterocycles. The van der Waals surface area contributed by atoms with Crippen molar-refractivity contribution in [3.05, 3.63) is 59.7 Å². The fourth-order valence-corrected chi connectivity index (χ4v) is 3.46. The average Bonchev–Trinajstić information content (AvgIpc) is 2.89. The summed E-state index contributed by atoms with van der Waals surface area (Å²) in [7, 11) is 0. The minimum Gasteiger partial charge on any atom is -0.454 e. The van der Waals surface area contributed by atoms with E-state index >= 15 is 0 Å². The number of aryl methyl sites for hydroxylation is 2. The lowest BCUT2D eigenvalue weighted by Crippen LogP contribution is -2.39. The highest BCUT2D eigenvalue weighted by atomic mass is 16.6. The molecule has 0 bridgehead atoms. The van der Waals surface area contributed by atoms with Crippen LogP contribution < -0.4 is 4.90 Å². The zero-order valence-corrected chi connectivity index (χ0v) is 14.9. The summed E-state index contributed by atoms with van der Waals surface area (Å²) in [5, 5.41) is 0. The maximum absolute atomic E-state index is 13.0. The Kier molecular flexibility index (Phi) is 5.18. The number of nitrogens with zero attached hydrogens (tertiary/aromatic N) is 1. The van der Waals surface area contributed by atoms with Gasteiger partial charge in [-0.15, -0.1) is 0 Å². The van der Waals surface area contributed by atoms with E-state index in [0.717, 1.165) is 35.3 Å². The van der Waals surface area contributed by atoms with Crippen molar-refractivity contribution in [3.63, 3.8) is 0 Å². The van der Waals surface area contributed by atoms with Crippen LogP contribution in [-0.4, -0.2) is 44.4 Å². The maximum Gasteiger partial charge on any atom is 0.338 e. The molecule has 1 amide bonds. The summed E-state index contributed by atoms with van der Waals surface area (Å²) in [4.78, 5) is 26.8. The summed E-state index contributed by atoms with van der Waals surface area (Å²) in [5.74, 6) is -0.860. The predicted molar refractivity (Wildman–Crippen MR) is 99.0 cm³/mol. The smallest absolute Gasteiger partial charge is 0.338 e. The van der Waals surface area contributed by atoms with Crippen molar-refractivity contribution in [1.82, 2.24) is 0 Å². The molecule has 0 saturated carbocycles. The summed E-state index contributed by atoms with van der Waals surface area (Å²) >= 11 is 0. The Hall–Kier alpha value is -2.70. The van der Waals surface area contributed by atoms with Crippen molar-refractivity contribution in [3.8, 4) is 0 Å². The molecule has 0 aliphatic carbocycles. The molecule has 140 valence electrons. The zero-order chi connectivity index (χ0) is 18.6. The fourth-order valence-electron chi connectivity index (χ4n) is 3.46. The van der Waals surface area contributed by atoms with Gasteiger partial charge >= 0.3 is 5.97 Å². The van der Waals surface area contributed by atoms with Crippen LogP contribution in [0.4, 0.5) is 11.4 Å². The monoisotopic (exact) mass is 367 g/mol. The van der Waals surface area contributed by atoms with E-state index in [2.05, 4.69) is 0 Å². The molecule has 1 fully saturated rings. The van der Waals surface area contributed by atoms with E-state index in [1.54, 1.807) is 4.90 Å². The summed E-state index contributed by atoms with van der Waals surface area (Å²) in [5.41, 5.74) is 3.86. The van der Waals surface area contributed by atoms with Gasteiger partial charge in [0.2, 0.25) is 0 Å². The molecule has 2 heterocycles. The van der Waals surface area contributed by atoms with Gasteiger partial charge in [0, 0.05) is 0 Å². The number of fused-ring (bicyclic) bond motifs is 2. The van der Waals surface area contributed by atoms with Crippen LogP contribution in [0.25, 0.3) is 0 Å². The molecule has 6 nitrogen and oxygen atoms in total. The number of anilines is 2. The molecular weight excluding hydrogens is 346 g/mol.